The smallest absolute Gasteiger partial charge is 0.0465 e. The first-order chi connectivity index (χ1) is 6.68. The van der Waals surface area contributed by atoms with Crippen molar-refractivity contribution in [1.29, 1.82) is 0 Å². The van der Waals surface area contributed by atoms with Gasteiger partial charge in [-0.15, -0.1) is 0 Å². The number of hydrogen-bond donors (Lipinski definition) is 1. The van der Waals surface area contributed by atoms with E-state index in [0.29, 0.717) is 5.92 Å². The molecule has 1 unspecified atom stereocenters. The summed E-state index contributed by atoms with van der Waals surface area (Å²) in [6.07, 6.45) is 3.80. The highest BCUT2D eigenvalue weighted by atomic mass is 79.9. The van der Waals surface area contributed by atoms with E-state index in [1.807, 2.05) is 18.2 Å². The molecule has 3 heteroatoms. The maximum Gasteiger partial charge on any atom is 0.0465 e. The fraction of sp³-hybridized carbons (Fsp3) is 0.455. The molecule has 0 aromatic heterocycles. The summed E-state index contributed by atoms with van der Waals surface area (Å²) in [4.78, 5) is 0. The van der Waals surface area contributed by atoms with Crippen molar-refractivity contribution in [2.45, 2.75) is 25.3 Å². The van der Waals surface area contributed by atoms with Gasteiger partial charge < -0.3 is 5.73 Å². The Bertz CT molecular complexity index is 336. The van der Waals surface area contributed by atoms with E-state index in [9.17, 15) is 0 Å². The Labute approximate surface area is 97.8 Å². The number of benzene rings is 1. The molecule has 0 aliphatic heterocycles. The molecule has 2 rings (SSSR count). The van der Waals surface area contributed by atoms with Crippen molar-refractivity contribution < 1.29 is 0 Å². The summed E-state index contributed by atoms with van der Waals surface area (Å²) in [6, 6.07) is 6.05. The van der Waals surface area contributed by atoms with E-state index < -0.39 is 0 Å². The Morgan fingerprint density at radius 3 is 2.64 bits per heavy atom. The molecule has 1 nitrogen and oxygen atoms in total. The average Bonchev–Trinajstić information content (AvgIpc) is 2.00. The molecule has 1 aromatic rings. The molecule has 1 aliphatic carbocycles. The molecule has 0 heterocycles. The molecule has 14 heavy (non-hydrogen) atoms. The van der Waals surface area contributed by atoms with Gasteiger partial charge in [-0.2, -0.15) is 0 Å². The van der Waals surface area contributed by atoms with E-state index in [-0.39, 0.29) is 6.04 Å². The molecular weight excluding hydrogens is 261 g/mol. The largest absolute Gasteiger partial charge is 0.324 e. The number of halogens is 2. The Morgan fingerprint density at radius 2 is 2.14 bits per heavy atom. The summed E-state index contributed by atoms with van der Waals surface area (Å²) in [7, 11) is 0. The minimum atomic E-state index is 0.115. The second-order valence-electron chi connectivity index (χ2n) is 3.88. The maximum atomic E-state index is 6.15. The van der Waals surface area contributed by atoms with Gasteiger partial charge in [0.25, 0.3) is 0 Å². The lowest BCUT2D eigenvalue weighted by Crippen LogP contribution is -2.27. The molecule has 1 saturated carbocycles. The molecule has 1 aromatic carbocycles. The molecule has 0 saturated heterocycles. The van der Waals surface area contributed by atoms with E-state index in [2.05, 4.69) is 15.9 Å². The van der Waals surface area contributed by atoms with Crippen molar-refractivity contribution in [2.24, 2.45) is 11.7 Å². The zero-order valence-corrected chi connectivity index (χ0v) is 10.2. The molecule has 0 amide bonds. The van der Waals surface area contributed by atoms with Crippen LogP contribution < -0.4 is 5.73 Å². The van der Waals surface area contributed by atoms with Gasteiger partial charge in [0.2, 0.25) is 0 Å². The van der Waals surface area contributed by atoms with Gasteiger partial charge in [-0.1, -0.05) is 40.0 Å². The zero-order chi connectivity index (χ0) is 10.1. The predicted molar refractivity (Wildman–Crippen MR) is 63.4 cm³/mol. The third-order valence-electron chi connectivity index (χ3n) is 2.98. The van der Waals surface area contributed by atoms with E-state index >= 15 is 0 Å². The van der Waals surface area contributed by atoms with Crippen molar-refractivity contribution in [1.82, 2.24) is 0 Å². The highest BCUT2D eigenvalue weighted by Gasteiger charge is 2.26. The van der Waals surface area contributed by atoms with Crippen LogP contribution in [-0.2, 0) is 0 Å². The van der Waals surface area contributed by atoms with E-state index in [4.69, 9.17) is 17.3 Å². The lowest BCUT2D eigenvalue weighted by Gasteiger charge is -2.31. The zero-order valence-electron chi connectivity index (χ0n) is 7.84. The SMILES string of the molecule is NC(c1ccc(Br)cc1Cl)C1CCC1. The van der Waals surface area contributed by atoms with Crippen LogP contribution in [-0.4, -0.2) is 0 Å². The van der Waals surface area contributed by atoms with Gasteiger partial charge in [-0.25, -0.2) is 0 Å². The summed E-state index contributed by atoms with van der Waals surface area (Å²) in [5.41, 5.74) is 7.23. The second kappa shape index (κ2) is 4.21. The standard InChI is InChI=1S/C11H13BrClN/c12-8-4-5-9(10(13)6-8)11(14)7-2-1-3-7/h4-7,11H,1-3,14H2. The third-order valence-corrected chi connectivity index (χ3v) is 3.80. The monoisotopic (exact) mass is 273 g/mol. The molecular formula is C11H13BrClN. The van der Waals surface area contributed by atoms with Crippen molar-refractivity contribution in [3.63, 3.8) is 0 Å². The lowest BCUT2D eigenvalue weighted by molar-refractivity contribution is 0.264. The normalized spacial score (nSPS) is 19.1. The van der Waals surface area contributed by atoms with Crippen molar-refractivity contribution in [3.8, 4) is 0 Å². The van der Waals surface area contributed by atoms with Crippen molar-refractivity contribution >= 4 is 27.5 Å². The van der Waals surface area contributed by atoms with Gasteiger partial charge >= 0.3 is 0 Å². The third kappa shape index (κ3) is 1.97. The molecule has 2 N–H and O–H groups in total. The van der Waals surface area contributed by atoms with Gasteiger partial charge in [0, 0.05) is 15.5 Å². The van der Waals surface area contributed by atoms with Crippen LogP contribution >= 0.6 is 27.5 Å². The average molecular weight is 275 g/mol. The number of rotatable bonds is 2. The van der Waals surface area contributed by atoms with Gasteiger partial charge in [-0.3, -0.25) is 0 Å². The first kappa shape index (κ1) is 10.5. The van der Waals surface area contributed by atoms with Crippen molar-refractivity contribution in [3.05, 3.63) is 33.3 Å². The van der Waals surface area contributed by atoms with Gasteiger partial charge in [-0.05, 0) is 36.5 Å². The van der Waals surface area contributed by atoms with E-state index in [1.54, 1.807) is 0 Å². The summed E-state index contributed by atoms with van der Waals surface area (Å²) >= 11 is 9.53. The highest BCUT2D eigenvalue weighted by molar-refractivity contribution is 9.10. The topological polar surface area (TPSA) is 26.0 Å². The van der Waals surface area contributed by atoms with Crippen LogP contribution in [0.1, 0.15) is 30.9 Å². The molecule has 1 fully saturated rings. The molecule has 0 spiro atoms. The molecule has 0 radical (unpaired) electrons. The van der Waals surface area contributed by atoms with Gasteiger partial charge in [0.1, 0.15) is 0 Å². The first-order valence-corrected chi connectivity index (χ1v) is 6.06. The van der Waals surface area contributed by atoms with Crippen molar-refractivity contribution in [2.75, 3.05) is 0 Å². The van der Waals surface area contributed by atoms with Crippen LogP contribution in [0.15, 0.2) is 22.7 Å². The van der Waals surface area contributed by atoms with Crippen LogP contribution in [0.3, 0.4) is 0 Å². The second-order valence-corrected chi connectivity index (χ2v) is 5.21. The minimum Gasteiger partial charge on any atom is -0.324 e. The Kier molecular flexibility index (Phi) is 3.15. The Hall–Kier alpha value is -0.0500. The van der Waals surface area contributed by atoms with Crippen LogP contribution in [0.5, 0.6) is 0 Å². The van der Waals surface area contributed by atoms with E-state index in [0.717, 1.165) is 15.1 Å². The number of nitrogens with two attached hydrogens (primary N) is 1. The molecule has 76 valence electrons. The maximum absolute atomic E-state index is 6.15. The Morgan fingerprint density at radius 1 is 1.43 bits per heavy atom. The molecule has 1 atom stereocenters. The predicted octanol–water partition coefficient (Wildman–Crippen LogP) is 3.90. The molecule has 0 bridgehead atoms. The lowest BCUT2D eigenvalue weighted by atomic mass is 9.77. The Balaban J connectivity index is 2.22. The number of hydrogen-bond acceptors (Lipinski definition) is 1. The van der Waals surface area contributed by atoms with E-state index in [1.165, 1.54) is 19.3 Å². The van der Waals surface area contributed by atoms with Crippen LogP contribution in [0.2, 0.25) is 5.02 Å². The molecule has 1 aliphatic rings. The first-order valence-electron chi connectivity index (χ1n) is 4.89. The van der Waals surface area contributed by atoms with Gasteiger partial charge in [0.05, 0.1) is 0 Å². The summed E-state index contributed by atoms with van der Waals surface area (Å²) in [5, 5.41) is 0.777. The summed E-state index contributed by atoms with van der Waals surface area (Å²) in [5.74, 6) is 0.633. The fourth-order valence-electron chi connectivity index (χ4n) is 1.82. The highest BCUT2D eigenvalue weighted by Crippen LogP contribution is 2.38. The van der Waals surface area contributed by atoms with Crippen LogP contribution in [0, 0.1) is 5.92 Å². The summed E-state index contributed by atoms with van der Waals surface area (Å²) < 4.78 is 1.01. The van der Waals surface area contributed by atoms with Crippen LogP contribution in [0.25, 0.3) is 0 Å². The quantitative estimate of drug-likeness (QED) is 0.869. The fourth-order valence-corrected chi connectivity index (χ4v) is 2.62. The van der Waals surface area contributed by atoms with Gasteiger partial charge in [0.15, 0.2) is 0 Å². The summed E-state index contributed by atoms with van der Waals surface area (Å²) in [6.45, 7) is 0. The van der Waals surface area contributed by atoms with Crippen LogP contribution in [0.4, 0.5) is 0 Å². The minimum absolute atomic E-state index is 0.115.